The van der Waals surface area contributed by atoms with Gasteiger partial charge in [-0.25, -0.2) is 8.42 Å². The minimum Gasteiger partial charge on any atom is -0.480 e. The van der Waals surface area contributed by atoms with Crippen molar-refractivity contribution >= 4 is 16.0 Å². The summed E-state index contributed by atoms with van der Waals surface area (Å²) in [6.07, 6.45) is 1.42. The predicted octanol–water partition coefficient (Wildman–Crippen LogP) is 2.18. The number of sulfonamides is 1. The van der Waals surface area contributed by atoms with Gasteiger partial charge in [0.15, 0.2) is 0 Å². The Labute approximate surface area is 125 Å². The van der Waals surface area contributed by atoms with Crippen molar-refractivity contribution in [2.45, 2.75) is 44.6 Å². The van der Waals surface area contributed by atoms with E-state index in [1.807, 2.05) is 13.8 Å². The summed E-state index contributed by atoms with van der Waals surface area (Å²) in [7, 11) is -3.78. The summed E-state index contributed by atoms with van der Waals surface area (Å²) in [6.45, 7) is 5.81. The second kappa shape index (κ2) is 5.77. The molecule has 1 aliphatic heterocycles. The van der Waals surface area contributed by atoms with E-state index in [-0.39, 0.29) is 17.4 Å². The lowest BCUT2D eigenvalue weighted by molar-refractivity contribution is -0.144. The zero-order valence-corrected chi connectivity index (χ0v) is 13.4. The van der Waals surface area contributed by atoms with E-state index in [9.17, 15) is 18.3 Å². The highest BCUT2D eigenvalue weighted by atomic mass is 32.2. The molecule has 1 N–H and O–H groups in total. The summed E-state index contributed by atoms with van der Waals surface area (Å²) in [5.41, 5.74) is 1.89. The first-order valence-electron chi connectivity index (χ1n) is 7.07. The van der Waals surface area contributed by atoms with Crippen LogP contribution in [-0.2, 0) is 14.8 Å². The summed E-state index contributed by atoms with van der Waals surface area (Å²) in [5.74, 6) is -1.26. The molecule has 1 aromatic rings. The van der Waals surface area contributed by atoms with Crippen LogP contribution in [-0.4, -0.2) is 36.4 Å². The average molecular weight is 311 g/mol. The van der Waals surface area contributed by atoms with Crippen LogP contribution in [0.3, 0.4) is 0 Å². The Morgan fingerprint density at radius 2 is 1.95 bits per heavy atom. The standard InChI is InChI=1S/C15H21NO4S/c1-10-6-7-13(9-12(10)3)21(19,20)16-8-4-5-11(2)14(16)15(17)18/h6-7,9,11,14H,4-5,8H2,1-3H3,(H,17,18). The SMILES string of the molecule is Cc1ccc(S(=O)(=O)N2CCCC(C)C2C(=O)O)cc1C. The highest BCUT2D eigenvalue weighted by Crippen LogP contribution is 2.29. The van der Waals surface area contributed by atoms with Crippen LogP contribution >= 0.6 is 0 Å². The summed E-state index contributed by atoms with van der Waals surface area (Å²) in [5, 5.41) is 9.38. The number of carboxylic acid groups (broad SMARTS) is 1. The predicted molar refractivity (Wildman–Crippen MR) is 79.6 cm³/mol. The molecule has 5 nitrogen and oxygen atoms in total. The van der Waals surface area contributed by atoms with Crippen LogP contribution in [0.5, 0.6) is 0 Å². The fraction of sp³-hybridized carbons (Fsp3) is 0.533. The molecule has 0 spiro atoms. The second-order valence-electron chi connectivity index (χ2n) is 5.76. The van der Waals surface area contributed by atoms with E-state index < -0.39 is 22.0 Å². The van der Waals surface area contributed by atoms with Crippen LogP contribution in [0.2, 0.25) is 0 Å². The van der Waals surface area contributed by atoms with Gasteiger partial charge in [0.05, 0.1) is 4.90 Å². The molecule has 1 saturated heterocycles. The number of carbonyl (C=O) groups is 1. The van der Waals surface area contributed by atoms with Crippen molar-refractivity contribution in [2.75, 3.05) is 6.54 Å². The third kappa shape index (κ3) is 2.96. The number of hydrogen-bond acceptors (Lipinski definition) is 3. The van der Waals surface area contributed by atoms with Gasteiger partial charge in [-0.15, -0.1) is 0 Å². The molecule has 2 rings (SSSR count). The summed E-state index contributed by atoms with van der Waals surface area (Å²) in [4.78, 5) is 11.6. The number of hydrogen-bond donors (Lipinski definition) is 1. The molecule has 116 valence electrons. The molecular weight excluding hydrogens is 290 g/mol. The lowest BCUT2D eigenvalue weighted by Crippen LogP contribution is -2.51. The molecule has 0 aromatic heterocycles. The van der Waals surface area contributed by atoms with Gasteiger partial charge in [0.1, 0.15) is 6.04 Å². The van der Waals surface area contributed by atoms with Gasteiger partial charge in [-0.3, -0.25) is 4.79 Å². The van der Waals surface area contributed by atoms with E-state index >= 15 is 0 Å². The number of aryl methyl sites for hydroxylation is 2. The first-order chi connectivity index (χ1) is 9.75. The lowest BCUT2D eigenvalue weighted by atomic mass is 9.93. The van der Waals surface area contributed by atoms with E-state index in [0.717, 1.165) is 21.9 Å². The highest BCUT2D eigenvalue weighted by molar-refractivity contribution is 7.89. The molecular formula is C15H21NO4S. The molecule has 1 aromatic carbocycles. The molecule has 1 aliphatic rings. The van der Waals surface area contributed by atoms with Gasteiger partial charge in [0, 0.05) is 6.54 Å². The summed E-state index contributed by atoms with van der Waals surface area (Å²) < 4.78 is 26.7. The molecule has 6 heteroatoms. The Kier molecular flexibility index (Phi) is 4.39. The third-order valence-corrected chi connectivity index (χ3v) is 6.10. The molecule has 2 unspecified atom stereocenters. The van der Waals surface area contributed by atoms with Crippen LogP contribution < -0.4 is 0 Å². The van der Waals surface area contributed by atoms with Gasteiger partial charge in [-0.05, 0) is 55.9 Å². The number of carboxylic acids is 1. The Balaban J connectivity index is 2.45. The van der Waals surface area contributed by atoms with E-state index in [1.165, 1.54) is 0 Å². The Morgan fingerprint density at radius 1 is 1.29 bits per heavy atom. The van der Waals surface area contributed by atoms with Crippen molar-refractivity contribution < 1.29 is 18.3 Å². The van der Waals surface area contributed by atoms with Gasteiger partial charge >= 0.3 is 5.97 Å². The van der Waals surface area contributed by atoms with Crippen molar-refractivity contribution in [3.8, 4) is 0 Å². The molecule has 1 fully saturated rings. The first kappa shape index (κ1) is 16.0. The van der Waals surface area contributed by atoms with Gasteiger partial charge < -0.3 is 5.11 Å². The topological polar surface area (TPSA) is 74.7 Å². The van der Waals surface area contributed by atoms with E-state index in [2.05, 4.69) is 0 Å². The van der Waals surface area contributed by atoms with Gasteiger partial charge in [-0.2, -0.15) is 4.31 Å². The molecule has 0 radical (unpaired) electrons. The molecule has 2 atom stereocenters. The van der Waals surface area contributed by atoms with Crippen LogP contribution in [0.25, 0.3) is 0 Å². The number of nitrogens with zero attached hydrogens (tertiary/aromatic N) is 1. The lowest BCUT2D eigenvalue weighted by Gasteiger charge is -2.36. The number of aliphatic carboxylic acids is 1. The molecule has 0 amide bonds. The fourth-order valence-electron chi connectivity index (χ4n) is 2.80. The first-order valence-corrected chi connectivity index (χ1v) is 8.51. The monoisotopic (exact) mass is 311 g/mol. The van der Waals surface area contributed by atoms with Crippen molar-refractivity contribution in [3.05, 3.63) is 29.3 Å². The van der Waals surface area contributed by atoms with Crippen molar-refractivity contribution in [1.82, 2.24) is 4.31 Å². The van der Waals surface area contributed by atoms with Crippen LogP contribution in [0.4, 0.5) is 0 Å². The van der Waals surface area contributed by atoms with E-state index in [4.69, 9.17) is 0 Å². The van der Waals surface area contributed by atoms with E-state index in [0.29, 0.717) is 6.42 Å². The smallest absolute Gasteiger partial charge is 0.322 e. The minimum absolute atomic E-state index is 0.172. The van der Waals surface area contributed by atoms with Crippen molar-refractivity contribution in [1.29, 1.82) is 0 Å². The van der Waals surface area contributed by atoms with Gasteiger partial charge in [0.2, 0.25) is 10.0 Å². The minimum atomic E-state index is -3.78. The molecule has 0 bridgehead atoms. The largest absolute Gasteiger partial charge is 0.480 e. The third-order valence-electron chi connectivity index (χ3n) is 4.23. The quantitative estimate of drug-likeness (QED) is 0.928. The number of piperidine rings is 1. The fourth-order valence-corrected chi connectivity index (χ4v) is 4.60. The van der Waals surface area contributed by atoms with Crippen LogP contribution in [0.1, 0.15) is 30.9 Å². The van der Waals surface area contributed by atoms with Crippen molar-refractivity contribution in [3.63, 3.8) is 0 Å². The van der Waals surface area contributed by atoms with Crippen LogP contribution in [0, 0.1) is 19.8 Å². The second-order valence-corrected chi connectivity index (χ2v) is 7.65. The van der Waals surface area contributed by atoms with Crippen molar-refractivity contribution in [2.24, 2.45) is 5.92 Å². The number of rotatable bonds is 3. The maximum Gasteiger partial charge on any atom is 0.322 e. The molecule has 1 heterocycles. The zero-order chi connectivity index (χ0) is 15.8. The molecule has 21 heavy (non-hydrogen) atoms. The molecule has 0 aliphatic carbocycles. The average Bonchev–Trinajstić information content (AvgIpc) is 2.41. The maximum absolute atomic E-state index is 12.8. The maximum atomic E-state index is 12.8. The molecule has 0 saturated carbocycles. The Bertz CT molecular complexity index is 654. The normalized spacial score (nSPS) is 24.0. The van der Waals surface area contributed by atoms with Crippen LogP contribution in [0.15, 0.2) is 23.1 Å². The summed E-state index contributed by atoms with van der Waals surface area (Å²) in [6, 6.07) is 3.94. The van der Waals surface area contributed by atoms with Gasteiger partial charge in [-0.1, -0.05) is 13.0 Å². The summed E-state index contributed by atoms with van der Waals surface area (Å²) >= 11 is 0. The highest BCUT2D eigenvalue weighted by Gasteiger charge is 2.41. The van der Waals surface area contributed by atoms with E-state index in [1.54, 1.807) is 25.1 Å². The number of benzene rings is 1. The zero-order valence-electron chi connectivity index (χ0n) is 12.5. The Morgan fingerprint density at radius 3 is 2.52 bits per heavy atom. The van der Waals surface area contributed by atoms with Gasteiger partial charge in [0.25, 0.3) is 0 Å². The Hall–Kier alpha value is -1.40.